The number of piperazine rings is 1. The van der Waals surface area contributed by atoms with Crippen molar-refractivity contribution in [3.63, 3.8) is 0 Å². The Kier molecular flexibility index (Phi) is 5.59. The average molecular weight is 398 g/mol. The number of benzene rings is 1. The summed E-state index contributed by atoms with van der Waals surface area (Å²) in [5, 5.41) is 14.7. The molecule has 4 rings (SSSR count). The van der Waals surface area contributed by atoms with E-state index in [4.69, 9.17) is 0 Å². The molecule has 0 bridgehead atoms. The van der Waals surface area contributed by atoms with Gasteiger partial charge in [0, 0.05) is 56.8 Å². The fourth-order valence-electron chi connectivity index (χ4n) is 3.95. The highest BCUT2D eigenvalue weighted by Crippen LogP contribution is 2.21. The second-order valence-electron chi connectivity index (χ2n) is 7.58. The van der Waals surface area contributed by atoms with Crippen LogP contribution in [-0.2, 0) is 9.59 Å². The molecule has 1 unspecified atom stereocenters. The van der Waals surface area contributed by atoms with E-state index in [1.165, 1.54) is 4.68 Å². The molecule has 2 aliphatic rings. The topological polar surface area (TPSA) is 108 Å². The molecule has 0 aliphatic carbocycles. The van der Waals surface area contributed by atoms with E-state index in [0.29, 0.717) is 11.1 Å². The Hall–Kier alpha value is -2.78. The summed E-state index contributed by atoms with van der Waals surface area (Å²) in [5.41, 5.74) is 1.23. The number of anilines is 1. The summed E-state index contributed by atoms with van der Waals surface area (Å²) >= 11 is 0. The lowest BCUT2D eigenvalue weighted by Crippen LogP contribution is -2.45. The van der Waals surface area contributed by atoms with Crippen molar-refractivity contribution in [1.82, 2.24) is 25.3 Å². The van der Waals surface area contributed by atoms with Gasteiger partial charge in [-0.3, -0.25) is 24.6 Å². The average Bonchev–Trinajstić information content (AvgIpc) is 2.72. The van der Waals surface area contributed by atoms with Gasteiger partial charge in [0.15, 0.2) is 0 Å². The number of hydrogen-bond donors (Lipinski definition) is 3. The van der Waals surface area contributed by atoms with E-state index in [9.17, 15) is 14.4 Å². The number of piperidine rings is 1. The minimum absolute atomic E-state index is 0.204. The maximum atomic E-state index is 13.1. The van der Waals surface area contributed by atoms with Crippen LogP contribution < -0.4 is 21.5 Å². The number of carbonyl (C=O) groups excluding carboxylic acids is 2. The molecule has 2 aromatic rings. The number of amides is 2. The molecule has 2 aliphatic heterocycles. The van der Waals surface area contributed by atoms with Crippen LogP contribution in [0.1, 0.15) is 24.6 Å². The third-order valence-corrected chi connectivity index (χ3v) is 5.58. The van der Waals surface area contributed by atoms with E-state index < -0.39 is 11.9 Å². The molecule has 2 saturated heterocycles. The largest absolute Gasteiger partial charge is 0.384 e. The lowest BCUT2D eigenvalue weighted by molar-refractivity contribution is -0.136. The van der Waals surface area contributed by atoms with Gasteiger partial charge in [0.05, 0.1) is 11.1 Å². The predicted molar refractivity (Wildman–Crippen MR) is 110 cm³/mol. The first-order valence-corrected chi connectivity index (χ1v) is 10.1. The van der Waals surface area contributed by atoms with E-state index in [1.807, 2.05) is 25.1 Å². The Morgan fingerprint density at radius 3 is 2.72 bits per heavy atom. The van der Waals surface area contributed by atoms with Crippen LogP contribution in [0.5, 0.6) is 0 Å². The Morgan fingerprint density at radius 1 is 1.17 bits per heavy atom. The highest BCUT2D eigenvalue weighted by atomic mass is 16.2. The molecule has 2 fully saturated rings. The van der Waals surface area contributed by atoms with Crippen LogP contribution in [0.15, 0.2) is 23.0 Å². The summed E-state index contributed by atoms with van der Waals surface area (Å²) in [5.74, 6) is -0.785. The number of hydrogen-bond acceptors (Lipinski definition) is 7. The van der Waals surface area contributed by atoms with Gasteiger partial charge in [-0.15, -0.1) is 0 Å². The molecule has 2 amide bonds. The molecular formula is C20H26N6O3. The van der Waals surface area contributed by atoms with Crippen LogP contribution in [0.4, 0.5) is 5.69 Å². The number of aryl methyl sites for hydroxylation is 1. The molecule has 0 saturated carbocycles. The zero-order valence-electron chi connectivity index (χ0n) is 16.5. The third kappa shape index (κ3) is 4.15. The normalized spacial score (nSPS) is 20.7. The van der Waals surface area contributed by atoms with Gasteiger partial charge in [-0.2, -0.15) is 5.10 Å². The number of aromatic nitrogens is 2. The van der Waals surface area contributed by atoms with Crippen LogP contribution in [0.25, 0.3) is 10.8 Å². The fourth-order valence-corrected chi connectivity index (χ4v) is 3.95. The maximum Gasteiger partial charge on any atom is 0.275 e. The molecule has 1 aromatic heterocycles. The molecule has 0 spiro atoms. The maximum absolute atomic E-state index is 13.1. The molecule has 3 N–H and O–H groups in total. The van der Waals surface area contributed by atoms with Gasteiger partial charge in [0.25, 0.3) is 11.5 Å². The molecule has 29 heavy (non-hydrogen) atoms. The number of rotatable bonds is 5. The first-order chi connectivity index (χ1) is 14.0. The van der Waals surface area contributed by atoms with E-state index in [-0.39, 0.29) is 24.3 Å². The first kappa shape index (κ1) is 19.5. The number of nitrogens with zero attached hydrogens (tertiary/aromatic N) is 3. The summed E-state index contributed by atoms with van der Waals surface area (Å²) in [6, 6.07) is 4.91. The van der Waals surface area contributed by atoms with Crippen LogP contribution in [0.2, 0.25) is 0 Å². The van der Waals surface area contributed by atoms with Crippen molar-refractivity contribution in [2.45, 2.75) is 25.8 Å². The molecule has 0 radical (unpaired) electrons. The number of carbonyl (C=O) groups is 2. The monoisotopic (exact) mass is 398 g/mol. The first-order valence-electron chi connectivity index (χ1n) is 10.1. The van der Waals surface area contributed by atoms with Gasteiger partial charge in [0.2, 0.25) is 5.91 Å². The molecule has 9 nitrogen and oxygen atoms in total. The van der Waals surface area contributed by atoms with Gasteiger partial charge in [-0.1, -0.05) is 6.07 Å². The Morgan fingerprint density at radius 2 is 1.97 bits per heavy atom. The van der Waals surface area contributed by atoms with Gasteiger partial charge in [-0.05, 0) is 25.5 Å². The van der Waals surface area contributed by atoms with Crippen molar-refractivity contribution in [2.24, 2.45) is 0 Å². The van der Waals surface area contributed by atoms with E-state index in [0.717, 1.165) is 50.3 Å². The van der Waals surface area contributed by atoms with Crippen molar-refractivity contribution in [2.75, 3.05) is 44.6 Å². The van der Waals surface area contributed by atoms with Gasteiger partial charge in [0.1, 0.15) is 6.04 Å². The zero-order chi connectivity index (χ0) is 20.4. The SMILES string of the molecule is Cc1nn(C2CCC(=O)NC2=O)c(=O)c2cc(NCCN3CCNCC3)ccc12. The number of nitrogens with one attached hydrogen (secondary N) is 3. The zero-order valence-corrected chi connectivity index (χ0v) is 16.5. The quantitative estimate of drug-likeness (QED) is 0.609. The summed E-state index contributed by atoms with van der Waals surface area (Å²) in [7, 11) is 0. The summed E-state index contributed by atoms with van der Waals surface area (Å²) in [6.45, 7) is 7.67. The number of imide groups is 1. The fraction of sp³-hybridized carbons (Fsp3) is 0.500. The predicted octanol–water partition coefficient (Wildman–Crippen LogP) is -0.000280. The second kappa shape index (κ2) is 8.30. The van der Waals surface area contributed by atoms with E-state index in [2.05, 4.69) is 25.9 Å². The highest BCUT2D eigenvalue weighted by molar-refractivity contribution is 5.99. The van der Waals surface area contributed by atoms with Crippen LogP contribution in [0, 0.1) is 6.92 Å². The smallest absolute Gasteiger partial charge is 0.275 e. The molecule has 1 atom stereocenters. The van der Waals surface area contributed by atoms with Crippen LogP contribution in [0.3, 0.4) is 0 Å². The van der Waals surface area contributed by atoms with Crippen molar-refractivity contribution in [3.8, 4) is 0 Å². The Balaban J connectivity index is 1.56. The van der Waals surface area contributed by atoms with E-state index >= 15 is 0 Å². The molecular weight excluding hydrogens is 372 g/mol. The second-order valence-corrected chi connectivity index (χ2v) is 7.58. The van der Waals surface area contributed by atoms with E-state index in [1.54, 1.807) is 0 Å². The Labute approximate surface area is 168 Å². The van der Waals surface area contributed by atoms with Crippen molar-refractivity contribution >= 4 is 28.3 Å². The summed E-state index contributed by atoms with van der Waals surface area (Å²) < 4.78 is 1.23. The highest BCUT2D eigenvalue weighted by Gasteiger charge is 2.30. The standard InChI is InChI=1S/C20H26N6O3/c1-13-15-3-2-14(22-8-11-25-9-6-21-7-10-25)12-16(15)20(29)26(24-13)17-4-5-18(27)23-19(17)28/h2-3,12,17,21-22H,4-11H2,1H3,(H,23,27,28). The molecule has 154 valence electrons. The Bertz CT molecular complexity index is 996. The number of fused-ring (bicyclic) bond motifs is 1. The van der Waals surface area contributed by atoms with Crippen LogP contribution in [-0.4, -0.2) is 65.8 Å². The molecule has 3 heterocycles. The van der Waals surface area contributed by atoms with Crippen molar-refractivity contribution in [3.05, 3.63) is 34.2 Å². The van der Waals surface area contributed by atoms with Gasteiger partial charge >= 0.3 is 0 Å². The van der Waals surface area contributed by atoms with Gasteiger partial charge < -0.3 is 10.6 Å². The lowest BCUT2D eigenvalue weighted by atomic mass is 10.1. The lowest BCUT2D eigenvalue weighted by Gasteiger charge is -2.27. The van der Waals surface area contributed by atoms with Crippen LogP contribution >= 0.6 is 0 Å². The molecule has 1 aromatic carbocycles. The summed E-state index contributed by atoms with van der Waals surface area (Å²) in [6.07, 6.45) is 0.486. The van der Waals surface area contributed by atoms with Crippen molar-refractivity contribution in [1.29, 1.82) is 0 Å². The van der Waals surface area contributed by atoms with Crippen molar-refractivity contribution < 1.29 is 9.59 Å². The third-order valence-electron chi connectivity index (χ3n) is 5.58. The minimum atomic E-state index is -0.757. The minimum Gasteiger partial charge on any atom is -0.384 e. The summed E-state index contributed by atoms with van der Waals surface area (Å²) in [4.78, 5) is 39.1. The molecule has 9 heteroatoms. The van der Waals surface area contributed by atoms with Gasteiger partial charge in [-0.25, -0.2) is 4.68 Å².